The number of anilines is 2. The number of hydrogen-bond acceptors (Lipinski definition) is 5. The zero-order chi connectivity index (χ0) is 11.4. The van der Waals surface area contributed by atoms with Crippen LogP contribution in [-0.2, 0) is 0 Å². The molecule has 0 aliphatic carbocycles. The third-order valence-corrected chi connectivity index (χ3v) is 3.89. The zero-order valence-corrected chi connectivity index (χ0v) is 10.8. The van der Waals surface area contributed by atoms with E-state index in [9.17, 15) is 0 Å². The van der Waals surface area contributed by atoms with Crippen LogP contribution < -0.4 is 10.2 Å². The van der Waals surface area contributed by atoms with E-state index in [1.807, 2.05) is 18.8 Å². The molecule has 0 radical (unpaired) electrons. The molecular weight excluding hydrogens is 244 g/mol. The van der Waals surface area contributed by atoms with E-state index < -0.39 is 0 Å². The Balaban J connectivity index is 2.27. The third kappa shape index (κ3) is 2.52. The van der Waals surface area contributed by atoms with E-state index in [4.69, 9.17) is 11.6 Å². The average Bonchev–Trinajstić information content (AvgIpc) is 2.57. The van der Waals surface area contributed by atoms with Crippen molar-refractivity contribution in [2.24, 2.45) is 0 Å². The summed E-state index contributed by atoms with van der Waals surface area (Å²) in [5.41, 5.74) is 0.830. The Morgan fingerprint density at radius 3 is 3.06 bits per heavy atom. The van der Waals surface area contributed by atoms with Gasteiger partial charge in [0, 0.05) is 25.9 Å². The zero-order valence-electron chi connectivity index (χ0n) is 9.24. The Morgan fingerprint density at radius 2 is 2.25 bits per heavy atom. The van der Waals surface area contributed by atoms with Crippen LogP contribution in [-0.4, -0.2) is 41.6 Å². The number of aromatic nitrogens is 2. The summed E-state index contributed by atoms with van der Waals surface area (Å²) in [5, 5.41) is 3.57. The highest BCUT2D eigenvalue weighted by atomic mass is 35.5. The lowest BCUT2D eigenvalue weighted by atomic mass is 10.3. The van der Waals surface area contributed by atoms with Gasteiger partial charge in [-0.15, -0.1) is 0 Å². The number of hydrogen-bond donors (Lipinski definition) is 1. The summed E-state index contributed by atoms with van der Waals surface area (Å²) in [6, 6.07) is 0. The van der Waals surface area contributed by atoms with Crippen LogP contribution in [0.1, 0.15) is 6.42 Å². The minimum atomic E-state index is 0.490. The molecule has 1 aromatic rings. The van der Waals surface area contributed by atoms with Crippen molar-refractivity contribution in [1.82, 2.24) is 9.97 Å². The first-order valence-electron chi connectivity index (χ1n) is 5.34. The topological polar surface area (TPSA) is 41.1 Å². The molecule has 4 nitrogen and oxygen atoms in total. The smallest absolute Gasteiger partial charge is 0.157 e. The Hall–Kier alpha value is -0.680. The van der Waals surface area contributed by atoms with Crippen molar-refractivity contribution >= 4 is 34.9 Å². The first kappa shape index (κ1) is 11.8. The first-order valence-corrected chi connectivity index (χ1v) is 6.87. The van der Waals surface area contributed by atoms with E-state index in [-0.39, 0.29) is 0 Å². The second kappa shape index (κ2) is 5.59. The Bertz CT molecular complexity index is 353. The van der Waals surface area contributed by atoms with E-state index in [0.29, 0.717) is 5.15 Å². The van der Waals surface area contributed by atoms with Crippen molar-refractivity contribution < 1.29 is 0 Å². The van der Waals surface area contributed by atoms with E-state index in [1.165, 1.54) is 18.5 Å². The summed E-state index contributed by atoms with van der Waals surface area (Å²) in [7, 11) is 1.85. The van der Waals surface area contributed by atoms with E-state index >= 15 is 0 Å². The molecule has 0 unspecified atom stereocenters. The monoisotopic (exact) mass is 258 g/mol. The van der Waals surface area contributed by atoms with Crippen molar-refractivity contribution in [2.75, 3.05) is 41.9 Å². The fourth-order valence-electron chi connectivity index (χ4n) is 1.77. The molecule has 2 heterocycles. The molecule has 1 aliphatic rings. The number of nitrogens with one attached hydrogen (secondary N) is 1. The van der Waals surface area contributed by atoms with Gasteiger partial charge in [0.1, 0.15) is 12.0 Å². The summed E-state index contributed by atoms with van der Waals surface area (Å²) >= 11 is 8.04. The van der Waals surface area contributed by atoms with Crippen molar-refractivity contribution in [1.29, 1.82) is 0 Å². The molecule has 0 bridgehead atoms. The van der Waals surface area contributed by atoms with E-state index in [1.54, 1.807) is 0 Å². The van der Waals surface area contributed by atoms with Gasteiger partial charge in [0.25, 0.3) is 0 Å². The highest BCUT2D eigenvalue weighted by Gasteiger charge is 2.16. The minimum Gasteiger partial charge on any atom is -0.383 e. The first-order chi connectivity index (χ1) is 7.83. The lowest BCUT2D eigenvalue weighted by molar-refractivity contribution is 0.799. The lowest BCUT2D eigenvalue weighted by Gasteiger charge is -2.23. The maximum absolute atomic E-state index is 6.04. The molecule has 0 spiro atoms. The van der Waals surface area contributed by atoms with Crippen molar-refractivity contribution in [3.8, 4) is 0 Å². The number of thioether (sulfide) groups is 1. The second-order valence-electron chi connectivity index (χ2n) is 3.57. The molecule has 1 aromatic heterocycles. The minimum absolute atomic E-state index is 0.490. The van der Waals surface area contributed by atoms with Crippen molar-refractivity contribution in [2.45, 2.75) is 6.42 Å². The van der Waals surface area contributed by atoms with Gasteiger partial charge < -0.3 is 10.2 Å². The van der Waals surface area contributed by atoms with Crippen LogP contribution in [0.25, 0.3) is 0 Å². The summed E-state index contributed by atoms with van der Waals surface area (Å²) in [4.78, 5) is 10.6. The molecule has 1 fully saturated rings. The molecule has 0 aromatic carbocycles. The Morgan fingerprint density at radius 1 is 1.38 bits per heavy atom. The number of rotatable bonds is 2. The Kier molecular flexibility index (Phi) is 4.12. The van der Waals surface area contributed by atoms with Crippen LogP contribution in [0.15, 0.2) is 6.33 Å². The molecule has 1 aliphatic heterocycles. The predicted molar refractivity (Wildman–Crippen MR) is 70.7 cm³/mol. The summed E-state index contributed by atoms with van der Waals surface area (Å²) in [5.74, 6) is 3.29. The lowest BCUT2D eigenvalue weighted by Crippen LogP contribution is -2.27. The molecule has 6 heteroatoms. The molecule has 0 saturated carbocycles. The van der Waals surface area contributed by atoms with Gasteiger partial charge in [-0.05, 0) is 12.2 Å². The quantitative estimate of drug-likeness (QED) is 0.823. The fourth-order valence-corrected chi connectivity index (χ4v) is 2.88. The molecule has 0 amide bonds. The van der Waals surface area contributed by atoms with Crippen LogP contribution in [0.2, 0.25) is 5.15 Å². The molecule has 2 rings (SSSR count). The molecule has 1 N–H and O–H groups in total. The van der Waals surface area contributed by atoms with Gasteiger partial charge in [-0.25, -0.2) is 9.97 Å². The maximum atomic E-state index is 6.04. The molecular formula is C10H15ClN4S. The summed E-state index contributed by atoms with van der Waals surface area (Å²) in [6.07, 6.45) is 2.71. The van der Waals surface area contributed by atoms with Crippen LogP contribution in [0.3, 0.4) is 0 Å². The normalized spacial score (nSPS) is 17.0. The van der Waals surface area contributed by atoms with Crippen molar-refractivity contribution in [3.05, 3.63) is 11.5 Å². The summed E-state index contributed by atoms with van der Waals surface area (Å²) < 4.78 is 0. The number of nitrogens with zero attached hydrogens (tertiary/aromatic N) is 3. The largest absolute Gasteiger partial charge is 0.383 e. The van der Waals surface area contributed by atoms with E-state index in [0.717, 1.165) is 30.3 Å². The van der Waals surface area contributed by atoms with Crippen LogP contribution in [0, 0.1) is 0 Å². The fraction of sp³-hybridized carbons (Fsp3) is 0.600. The second-order valence-corrected chi connectivity index (χ2v) is 5.15. The van der Waals surface area contributed by atoms with Crippen LogP contribution >= 0.6 is 23.4 Å². The van der Waals surface area contributed by atoms with Crippen LogP contribution in [0.5, 0.6) is 0 Å². The highest BCUT2D eigenvalue weighted by molar-refractivity contribution is 7.99. The molecule has 1 saturated heterocycles. The number of halogens is 1. The molecule has 16 heavy (non-hydrogen) atoms. The van der Waals surface area contributed by atoms with Gasteiger partial charge in [-0.2, -0.15) is 11.8 Å². The van der Waals surface area contributed by atoms with Crippen LogP contribution in [0.4, 0.5) is 11.5 Å². The predicted octanol–water partition coefficient (Wildman–Crippen LogP) is 2.11. The van der Waals surface area contributed by atoms with Gasteiger partial charge >= 0.3 is 0 Å². The maximum Gasteiger partial charge on any atom is 0.157 e. The van der Waals surface area contributed by atoms with Gasteiger partial charge in [0.15, 0.2) is 11.0 Å². The third-order valence-electron chi connectivity index (χ3n) is 2.55. The standard InChI is InChI=1S/C10H15ClN4S/c1-12-8-9(11)13-7-14-10(8)15-3-2-5-16-6-4-15/h7,12H,2-6H2,1H3. The SMILES string of the molecule is CNc1c(Cl)ncnc1N1CCCSCC1. The summed E-state index contributed by atoms with van der Waals surface area (Å²) in [6.45, 7) is 2.06. The average molecular weight is 259 g/mol. The Labute approximate surface area is 105 Å². The van der Waals surface area contributed by atoms with Gasteiger partial charge in [0.2, 0.25) is 0 Å². The van der Waals surface area contributed by atoms with Gasteiger partial charge in [-0.3, -0.25) is 0 Å². The molecule has 0 atom stereocenters. The van der Waals surface area contributed by atoms with Gasteiger partial charge in [0.05, 0.1) is 0 Å². The molecule has 88 valence electrons. The van der Waals surface area contributed by atoms with Crippen molar-refractivity contribution in [3.63, 3.8) is 0 Å². The van der Waals surface area contributed by atoms with E-state index in [2.05, 4.69) is 20.2 Å². The highest BCUT2D eigenvalue weighted by Crippen LogP contribution is 2.29. The van der Waals surface area contributed by atoms with Gasteiger partial charge in [-0.1, -0.05) is 11.6 Å².